The van der Waals surface area contributed by atoms with Crippen LogP contribution in [-0.4, -0.2) is 10.2 Å². The Labute approximate surface area is 113 Å². The van der Waals surface area contributed by atoms with Crippen LogP contribution in [0.4, 0.5) is 0 Å². The molecular weight excluding hydrogens is 236 g/mol. The van der Waals surface area contributed by atoms with Crippen molar-refractivity contribution in [2.45, 2.75) is 19.3 Å². The SMILES string of the molecule is Oc1ccc([C]2CC[C](c3ccc(O)cc3)C2)cc1. The average Bonchev–Trinajstić information content (AvgIpc) is 2.90. The molecule has 2 radical (unpaired) electrons. The zero-order valence-electron chi connectivity index (χ0n) is 10.6. The first kappa shape index (κ1) is 12.1. The molecule has 2 nitrogen and oxygen atoms in total. The van der Waals surface area contributed by atoms with Gasteiger partial charge in [0.15, 0.2) is 0 Å². The molecule has 0 heterocycles. The summed E-state index contributed by atoms with van der Waals surface area (Å²) in [6.45, 7) is 0. The molecule has 19 heavy (non-hydrogen) atoms. The van der Waals surface area contributed by atoms with E-state index < -0.39 is 0 Å². The lowest BCUT2D eigenvalue weighted by molar-refractivity contribution is 0.474. The van der Waals surface area contributed by atoms with Gasteiger partial charge in [-0.1, -0.05) is 24.3 Å². The van der Waals surface area contributed by atoms with Crippen molar-refractivity contribution in [2.24, 2.45) is 0 Å². The van der Waals surface area contributed by atoms with E-state index in [1.165, 1.54) is 23.0 Å². The zero-order valence-corrected chi connectivity index (χ0v) is 10.6. The molecular formula is C17H16O2. The van der Waals surface area contributed by atoms with Crippen LogP contribution >= 0.6 is 0 Å². The Morgan fingerprint density at radius 1 is 0.579 bits per heavy atom. The molecule has 1 aliphatic carbocycles. The van der Waals surface area contributed by atoms with Gasteiger partial charge in [-0.25, -0.2) is 0 Å². The molecule has 0 aromatic heterocycles. The topological polar surface area (TPSA) is 40.5 Å². The number of aromatic hydroxyl groups is 2. The lowest BCUT2D eigenvalue weighted by Gasteiger charge is -2.11. The van der Waals surface area contributed by atoms with Crippen LogP contribution in [0.3, 0.4) is 0 Å². The van der Waals surface area contributed by atoms with Crippen LogP contribution in [-0.2, 0) is 0 Å². The molecule has 96 valence electrons. The quantitative estimate of drug-likeness (QED) is 0.852. The predicted molar refractivity (Wildman–Crippen MR) is 74.8 cm³/mol. The van der Waals surface area contributed by atoms with E-state index in [9.17, 15) is 10.2 Å². The monoisotopic (exact) mass is 252 g/mol. The molecule has 3 rings (SSSR count). The van der Waals surface area contributed by atoms with Crippen molar-refractivity contribution in [3.63, 3.8) is 0 Å². The molecule has 1 fully saturated rings. The number of phenols is 2. The first-order valence-electron chi connectivity index (χ1n) is 6.50. The van der Waals surface area contributed by atoms with Crippen molar-refractivity contribution >= 4 is 0 Å². The second-order valence-corrected chi connectivity index (χ2v) is 4.98. The summed E-state index contributed by atoms with van der Waals surface area (Å²) in [6.07, 6.45) is 3.12. The highest BCUT2D eigenvalue weighted by Gasteiger charge is 2.27. The van der Waals surface area contributed by atoms with Gasteiger partial charge in [-0.05, 0) is 54.7 Å². The Morgan fingerprint density at radius 3 is 1.32 bits per heavy atom. The van der Waals surface area contributed by atoms with Gasteiger partial charge in [0.25, 0.3) is 0 Å². The van der Waals surface area contributed by atoms with Gasteiger partial charge < -0.3 is 10.2 Å². The number of hydrogen-bond acceptors (Lipinski definition) is 2. The zero-order chi connectivity index (χ0) is 13.2. The smallest absolute Gasteiger partial charge is 0.115 e. The van der Waals surface area contributed by atoms with Crippen LogP contribution in [0.5, 0.6) is 11.5 Å². The molecule has 1 aliphatic rings. The third-order valence-corrected chi connectivity index (χ3v) is 3.71. The van der Waals surface area contributed by atoms with Crippen molar-refractivity contribution in [1.29, 1.82) is 0 Å². The Morgan fingerprint density at radius 2 is 0.947 bits per heavy atom. The third-order valence-electron chi connectivity index (χ3n) is 3.71. The van der Waals surface area contributed by atoms with E-state index in [2.05, 4.69) is 0 Å². The Kier molecular flexibility index (Phi) is 3.16. The third kappa shape index (κ3) is 2.58. The summed E-state index contributed by atoms with van der Waals surface area (Å²) < 4.78 is 0. The standard InChI is InChI=1S/C17H16O2/c18-16-7-3-12(4-8-16)14-1-2-15(11-14)13-5-9-17(19)10-6-13/h3-10,18-19H,1-2,11H2. The van der Waals surface area contributed by atoms with Gasteiger partial charge in [-0.2, -0.15) is 0 Å². The maximum atomic E-state index is 9.32. The highest BCUT2D eigenvalue weighted by Crippen LogP contribution is 2.42. The molecule has 0 atom stereocenters. The molecule has 0 aliphatic heterocycles. The molecule has 0 unspecified atom stereocenters. The summed E-state index contributed by atoms with van der Waals surface area (Å²) in [7, 11) is 0. The molecule has 2 heteroatoms. The molecule has 2 N–H and O–H groups in total. The first-order valence-corrected chi connectivity index (χ1v) is 6.50. The minimum absolute atomic E-state index is 0.310. The predicted octanol–water partition coefficient (Wildman–Crippen LogP) is 3.83. The van der Waals surface area contributed by atoms with Crippen LogP contribution in [0.2, 0.25) is 0 Å². The summed E-state index contributed by atoms with van der Waals surface area (Å²) in [5.41, 5.74) is 2.43. The van der Waals surface area contributed by atoms with Crippen LogP contribution in [0.1, 0.15) is 30.4 Å². The number of rotatable bonds is 2. The molecule has 2 aromatic carbocycles. The lowest BCUT2D eigenvalue weighted by Crippen LogP contribution is -1.96. The van der Waals surface area contributed by atoms with Crippen LogP contribution < -0.4 is 0 Å². The van der Waals surface area contributed by atoms with E-state index in [-0.39, 0.29) is 0 Å². The average molecular weight is 252 g/mol. The first-order chi connectivity index (χ1) is 9.22. The summed E-state index contributed by atoms with van der Waals surface area (Å²) in [5, 5.41) is 18.6. The largest absolute Gasteiger partial charge is 0.508 e. The van der Waals surface area contributed by atoms with Crippen LogP contribution in [0.15, 0.2) is 48.5 Å². The lowest BCUT2D eigenvalue weighted by atomic mass is 9.93. The van der Waals surface area contributed by atoms with Crippen LogP contribution in [0.25, 0.3) is 0 Å². The molecule has 0 amide bonds. The number of benzene rings is 2. The second kappa shape index (κ2) is 4.96. The van der Waals surface area contributed by atoms with Gasteiger partial charge in [0, 0.05) is 11.8 Å². The van der Waals surface area contributed by atoms with Gasteiger partial charge in [0.1, 0.15) is 11.5 Å². The maximum Gasteiger partial charge on any atom is 0.115 e. The van der Waals surface area contributed by atoms with Crippen molar-refractivity contribution in [2.75, 3.05) is 0 Å². The Bertz CT molecular complexity index is 491. The van der Waals surface area contributed by atoms with E-state index in [1.807, 2.05) is 24.3 Å². The van der Waals surface area contributed by atoms with Crippen molar-refractivity contribution < 1.29 is 10.2 Å². The van der Waals surface area contributed by atoms with Gasteiger partial charge in [-0.3, -0.25) is 0 Å². The Hall–Kier alpha value is -1.96. The maximum absolute atomic E-state index is 9.32. The number of phenolic OH excluding ortho intramolecular Hbond substituents is 2. The van der Waals surface area contributed by atoms with Gasteiger partial charge >= 0.3 is 0 Å². The summed E-state index contributed by atoms with van der Waals surface area (Å²) in [4.78, 5) is 0. The van der Waals surface area contributed by atoms with E-state index >= 15 is 0 Å². The van der Waals surface area contributed by atoms with E-state index in [0.29, 0.717) is 11.5 Å². The fourth-order valence-corrected chi connectivity index (χ4v) is 2.62. The van der Waals surface area contributed by atoms with Gasteiger partial charge in [0.05, 0.1) is 0 Å². The van der Waals surface area contributed by atoms with Crippen molar-refractivity contribution in [3.05, 3.63) is 71.5 Å². The highest BCUT2D eigenvalue weighted by atomic mass is 16.3. The summed E-state index contributed by atoms with van der Waals surface area (Å²) >= 11 is 0. The second-order valence-electron chi connectivity index (χ2n) is 4.98. The molecule has 0 spiro atoms. The van der Waals surface area contributed by atoms with E-state index in [1.54, 1.807) is 24.3 Å². The minimum atomic E-state index is 0.310. The van der Waals surface area contributed by atoms with E-state index in [0.717, 1.165) is 19.3 Å². The van der Waals surface area contributed by atoms with Gasteiger partial charge in [0.2, 0.25) is 0 Å². The van der Waals surface area contributed by atoms with Crippen LogP contribution in [0, 0.1) is 11.8 Å². The molecule has 2 aromatic rings. The fraction of sp³-hybridized carbons (Fsp3) is 0.176. The molecule has 1 saturated carbocycles. The van der Waals surface area contributed by atoms with Crippen molar-refractivity contribution in [3.8, 4) is 11.5 Å². The fourth-order valence-electron chi connectivity index (χ4n) is 2.62. The Balaban J connectivity index is 1.73. The highest BCUT2D eigenvalue weighted by molar-refractivity contribution is 5.44. The molecule has 0 saturated heterocycles. The van der Waals surface area contributed by atoms with E-state index in [4.69, 9.17) is 0 Å². The van der Waals surface area contributed by atoms with Gasteiger partial charge in [-0.15, -0.1) is 0 Å². The normalized spacial score (nSPS) is 16.8. The number of hydrogen-bond donors (Lipinski definition) is 2. The molecule has 0 bridgehead atoms. The summed E-state index contributed by atoms with van der Waals surface area (Å²) in [5.74, 6) is 3.46. The minimum Gasteiger partial charge on any atom is -0.508 e. The van der Waals surface area contributed by atoms with Crippen molar-refractivity contribution in [1.82, 2.24) is 0 Å². The summed E-state index contributed by atoms with van der Waals surface area (Å²) in [6, 6.07) is 14.9.